The van der Waals surface area contributed by atoms with E-state index in [9.17, 15) is 31.5 Å². The smallest absolute Gasteiger partial charge is 0.416 e. The van der Waals surface area contributed by atoms with Crippen LogP contribution < -0.4 is 14.4 Å². The second-order valence-corrected chi connectivity index (χ2v) is 9.52. The number of aliphatic hydroxyl groups is 1. The highest BCUT2D eigenvalue weighted by Gasteiger charge is 2.33. The van der Waals surface area contributed by atoms with E-state index in [0.717, 1.165) is 24.0 Å². The monoisotopic (exact) mass is 472 g/mol. The first kappa shape index (κ1) is 23.9. The van der Waals surface area contributed by atoms with Gasteiger partial charge in [0.25, 0.3) is 5.91 Å². The van der Waals surface area contributed by atoms with Crippen molar-refractivity contribution in [2.75, 3.05) is 23.7 Å². The summed E-state index contributed by atoms with van der Waals surface area (Å²) in [7, 11) is -3.44. The molecule has 174 valence electrons. The van der Waals surface area contributed by atoms with E-state index in [2.05, 4.69) is 5.32 Å². The molecular weight excluding hydrogens is 449 g/mol. The van der Waals surface area contributed by atoms with Crippen molar-refractivity contribution in [2.24, 2.45) is 0 Å². The van der Waals surface area contributed by atoms with Gasteiger partial charge < -0.3 is 15.2 Å². The van der Waals surface area contributed by atoms with Gasteiger partial charge in [-0.2, -0.15) is 13.2 Å². The van der Waals surface area contributed by atoms with Crippen molar-refractivity contribution in [3.63, 3.8) is 0 Å². The zero-order valence-electron chi connectivity index (χ0n) is 17.4. The topological polar surface area (TPSA) is 95.9 Å². The number of sulfonamides is 1. The molecular formula is C21H23F3N2O5S. The molecule has 0 aliphatic carbocycles. The van der Waals surface area contributed by atoms with E-state index < -0.39 is 33.8 Å². The van der Waals surface area contributed by atoms with Crippen molar-refractivity contribution in [2.45, 2.75) is 31.7 Å². The lowest BCUT2D eigenvalue weighted by Crippen LogP contribution is -2.35. The summed E-state index contributed by atoms with van der Waals surface area (Å²) in [5.41, 5.74) is 0.700. The van der Waals surface area contributed by atoms with Crippen LogP contribution in [0.5, 0.6) is 5.75 Å². The fraction of sp³-hybridized carbons (Fsp3) is 0.381. The maximum atomic E-state index is 12.7. The lowest BCUT2D eigenvalue weighted by Gasteiger charge is -2.22. The van der Waals surface area contributed by atoms with Crippen LogP contribution in [0.4, 0.5) is 18.9 Å². The van der Waals surface area contributed by atoms with Gasteiger partial charge in [-0.3, -0.25) is 9.10 Å². The van der Waals surface area contributed by atoms with Crippen LogP contribution in [0.1, 0.15) is 28.4 Å². The molecule has 1 heterocycles. The van der Waals surface area contributed by atoms with Gasteiger partial charge in [-0.15, -0.1) is 0 Å². The Hall–Kier alpha value is -2.79. The van der Waals surface area contributed by atoms with Crippen molar-refractivity contribution >= 4 is 21.6 Å². The first-order valence-electron chi connectivity index (χ1n) is 9.75. The van der Waals surface area contributed by atoms with Gasteiger partial charge in [0, 0.05) is 18.2 Å². The Labute approximate surface area is 183 Å². The number of amides is 1. The predicted octanol–water partition coefficient (Wildman–Crippen LogP) is 2.59. The Morgan fingerprint density at radius 2 is 2.00 bits per heavy atom. The van der Waals surface area contributed by atoms with Crippen LogP contribution in [0.3, 0.4) is 0 Å². The molecule has 11 heteroatoms. The van der Waals surface area contributed by atoms with E-state index in [1.807, 2.05) is 0 Å². The Kier molecular flexibility index (Phi) is 6.70. The van der Waals surface area contributed by atoms with E-state index in [4.69, 9.17) is 4.74 Å². The first-order chi connectivity index (χ1) is 14.9. The number of ether oxygens (including phenoxy) is 1. The molecule has 32 heavy (non-hydrogen) atoms. The number of hydrogen-bond acceptors (Lipinski definition) is 5. The zero-order valence-corrected chi connectivity index (χ0v) is 18.2. The number of fused-ring (bicyclic) bond motifs is 1. The molecule has 2 atom stereocenters. The number of benzene rings is 2. The Morgan fingerprint density at radius 1 is 1.28 bits per heavy atom. The number of anilines is 1. The van der Waals surface area contributed by atoms with E-state index in [1.54, 1.807) is 19.1 Å². The Morgan fingerprint density at radius 3 is 2.66 bits per heavy atom. The molecule has 3 rings (SSSR count). The molecule has 0 saturated heterocycles. The van der Waals surface area contributed by atoms with Gasteiger partial charge in [0.15, 0.2) is 0 Å². The van der Waals surface area contributed by atoms with E-state index in [0.29, 0.717) is 17.7 Å². The molecule has 2 N–H and O–H groups in total. The second kappa shape index (κ2) is 8.99. The molecule has 2 unspecified atom stereocenters. The molecule has 1 aliphatic heterocycles. The SMILES string of the molecule is CC1Cc2cc(C(=O)NCC(O)COc3cccc(C(F)(F)F)c3)ccc2N1S(C)(=O)=O. The van der Waals surface area contributed by atoms with E-state index >= 15 is 0 Å². The van der Waals surface area contributed by atoms with Crippen LogP contribution in [0, 0.1) is 0 Å². The minimum atomic E-state index is -4.50. The first-order valence-corrected chi connectivity index (χ1v) is 11.6. The predicted molar refractivity (Wildman–Crippen MR) is 112 cm³/mol. The summed E-state index contributed by atoms with van der Waals surface area (Å²) in [6, 6.07) is 8.70. The molecule has 0 spiro atoms. The van der Waals surface area contributed by atoms with Crippen molar-refractivity contribution in [1.82, 2.24) is 5.32 Å². The minimum absolute atomic E-state index is 0.0478. The normalized spacial score (nSPS) is 17.1. The number of alkyl halides is 3. The summed E-state index contributed by atoms with van der Waals surface area (Å²) in [4.78, 5) is 12.4. The Bertz CT molecular complexity index is 1100. The van der Waals surface area contributed by atoms with Crippen LogP contribution in [-0.2, 0) is 22.6 Å². The van der Waals surface area contributed by atoms with E-state index in [1.165, 1.54) is 22.5 Å². The number of nitrogens with zero attached hydrogens (tertiary/aromatic N) is 1. The highest BCUT2D eigenvalue weighted by molar-refractivity contribution is 7.92. The number of carbonyl (C=O) groups excluding carboxylic acids is 1. The number of nitrogens with one attached hydrogen (secondary N) is 1. The van der Waals surface area contributed by atoms with Crippen LogP contribution in [-0.4, -0.2) is 51.0 Å². The third-order valence-corrected chi connectivity index (χ3v) is 6.23. The highest BCUT2D eigenvalue weighted by atomic mass is 32.2. The highest BCUT2D eigenvalue weighted by Crippen LogP contribution is 2.34. The largest absolute Gasteiger partial charge is 0.491 e. The van der Waals surface area contributed by atoms with Crippen molar-refractivity contribution < 1.29 is 36.2 Å². The fourth-order valence-corrected chi connectivity index (χ4v) is 4.84. The number of aliphatic hydroxyl groups excluding tert-OH is 1. The van der Waals surface area contributed by atoms with Gasteiger partial charge in [0.05, 0.1) is 17.5 Å². The zero-order chi connectivity index (χ0) is 23.7. The average Bonchev–Trinajstić information content (AvgIpc) is 3.05. The van der Waals surface area contributed by atoms with Crippen LogP contribution in [0.25, 0.3) is 0 Å². The Balaban J connectivity index is 1.56. The van der Waals surface area contributed by atoms with Crippen molar-refractivity contribution in [1.29, 1.82) is 0 Å². The van der Waals surface area contributed by atoms with Gasteiger partial charge in [-0.05, 0) is 55.3 Å². The van der Waals surface area contributed by atoms with E-state index in [-0.39, 0.29) is 24.9 Å². The third-order valence-electron chi connectivity index (χ3n) is 4.95. The lowest BCUT2D eigenvalue weighted by atomic mass is 10.1. The molecule has 2 aromatic rings. The van der Waals surface area contributed by atoms with Crippen LogP contribution in [0.2, 0.25) is 0 Å². The standard InChI is InChI=1S/C21H23F3N2O5S/c1-13-8-15-9-14(6-7-19(15)26(13)32(2,29)30)20(28)25-11-17(27)12-31-18-5-3-4-16(10-18)21(22,23)24/h3-7,9-10,13,17,27H,8,11-12H2,1-2H3,(H,25,28). The van der Waals surface area contributed by atoms with Gasteiger partial charge >= 0.3 is 6.18 Å². The molecule has 0 bridgehead atoms. The van der Waals surface area contributed by atoms with Crippen molar-refractivity contribution in [3.05, 3.63) is 59.2 Å². The van der Waals surface area contributed by atoms with Gasteiger partial charge in [0.1, 0.15) is 18.5 Å². The summed E-state index contributed by atoms with van der Waals surface area (Å²) in [5.74, 6) is -0.523. The maximum absolute atomic E-state index is 12.7. The molecule has 0 radical (unpaired) electrons. The van der Waals surface area contributed by atoms with Crippen LogP contribution in [0.15, 0.2) is 42.5 Å². The number of rotatable bonds is 7. The average molecular weight is 472 g/mol. The molecule has 7 nitrogen and oxygen atoms in total. The molecule has 1 amide bonds. The quantitative estimate of drug-likeness (QED) is 0.646. The molecule has 0 saturated carbocycles. The number of halogens is 3. The summed E-state index contributed by atoms with van der Waals surface area (Å²) >= 11 is 0. The van der Waals surface area contributed by atoms with Crippen LogP contribution >= 0.6 is 0 Å². The summed E-state index contributed by atoms with van der Waals surface area (Å²) < 4.78 is 68.7. The summed E-state index contributed by atoms with van der Waals surface area (Å²) in [6.07, 6.45) is -4.06. The molecule has 0 fully saturated rings. The molecule has 2 aromatic carbocycles. The minimum Gasteiger partial charge on any atom is -0.491 e. The molecule has 0 aromatic heterocycles. The lowest BCUT2D eigenvalue weighted by molar-refractivity contribution is -0.137. The number of carbonyl (C=O) groups is 1. The van der Waals surface area contributed by atoms with Gasteiger partial charge in [-0.1, -0.05) is 6.07 Å². The molecule has 1 aliphatic rings. The maximum Gasteiger partial charge on any atom is 0.416 e. The van der Waals surface area contributed by atoms with Gasteiger partial charge in [-0.25, -0.2) is 8.42 Å². The fourth-order valence-electron chi connectivity index (χ4n) is 3.58. The van der Waals surface area contributed by atoms with Gasteiger partial charge in [0.2, 0.25) is 10.0 Å². The summed E-state index contributed by atoms with van der Waals surface area (Å²) in [5, 5.41) is 12.5. The third kappa shape index (κ3) is 5.52. The second-order valence-electron chi connectivity index (χ2n) is 7.66. The summed E-state index contributed by atoms with van der Waals surface area (Å²) in [6.45, 7) is 1.29. The van der Waals surface area contributed by atoms with Crippen molar-refractivity contribution in [3.8, 4) is 5.75 Å². The number of hydrogen-bond donors (Lipinski definition) is 2.